The number of para-hydroxylation sites is 1. The van der Waals surface area contributed by atoms with Crippen molar-refractivity contribution in [3.05, 3.63) is 121 Å². The van der Waals surface area contributed by atoms with Gasteiger partial charge in [-0.1, -0.05) is 109 Å². The summed E-state index contributed by atoms with van der Waals surface area (Å²) in [5.41, 5.74) is 7.15. The highest BCUT2D eigenvalue weighted by Gasteiger charge is 2.28. The number of nitrogens with zero attached hydrogens (tertiary/aromatic N) is 2. The van der Waals surface area contributed by atoms with E-state index in [9.17, 15) is 4.79 Å². The fraction of sp³-hybridized carbons (Fsp3) is 0.0938. The standard InChI is InChI=1S/C32H26N2O2/c1-2-36-32(35)34-27-21-13-12-20-26(27)28-29(24-16-8-4-9-17-24)33(22-23-14-6-3-7-15-23)30(31(28)34)25-18-10-5-11-19-25/h3-21H,2,22H2,1H3. The number of rotatable bonds is 5. The molecule has 2 aromatic heterocycles. The molecule has 0 N–H and O–H groups in total. The Labute approximate surface area is 210 Å². The van der Waals surface area contributed by atoms with E-state index >= 15 is 0 Å². The second-order valence-corrected chi connectivity index (χ2v) is 8.78. The molecule has 0 atom stereocenters. The van der Waals surface area contributed by atoms with Crippen LogP contribution in [0, 0.1) is 0 Å². The maximum absolute atomic E-state index is 13.5. The van der Waals surface area contributed by atoms with E-state index in [4.69, 9.17) is 4.74 Å². The largest absolute Gasteiger partial charge is 0.449 e. The van der Waals surface area contributed by atoms with Gasteiger partial charge in [0.15, 0.2) is 0 Å². The van der Waals surface area contributed by atoms with Gasteiger partial charge in [0.05, 0.1) is 29.0 Å². The lowest BCUT2D eigenvalue weighted by atomic mass is 10.1. The quantitative estimate of drug-likeness (QED) is 0.256. The first-order chi connectivity index (χ1) is 17.8. The first-order valence-electron chi connectivity index (χ1n) is 12.3. The van der Waals surface area contributed by atoms with E-state index in [0.29, 0.717) is 13.2 Å². The van der Waals surface area contributed by atoms with Gasteiger partial charge in [0, 0.05) is 22.9 Å². The Balaban J connectivity index is 1.82. The zero-order chi connectivity index (χ0) is 24.5. The van der Waals surface area contributed by atoms with E-state index in [1.54, 1.807) is 4.57 Å². The van der Waals surface area contributed by atoms with Crippen LogP contribution in [0.5, 0.6) is 0 Å². The molecule has 0 saturated heterocycles. The number of benzene rings is 4. The van der Waals surface area contributed by atoms with Gasteiger partial charge in [-0.15, -0.1) is 0 Å². The smallest absolute Gasteiger partial charge is 0.419 e. The molecular weight excluding hydrogens is 444 g/mol. The molecule has 0 bridgehead atoms. The van der Waals surface area contributed by atoms with Crippen molar-refractivity contribution in [2.45, 2.75) is 13.5 Å². The molecule has 2 heterocycles. The van der Waals surface area contributed by atoms with Gasteiger partial charge in [-0.3, -0.25) is 0 Å². The normalized spacial score (nSPS) is 11.2. The highest BCUT2D eigenvalue weighted by Crippen LogP contribution is 2.45. The van der Waals surface area contributed by atoms with Crippen LogP contribution in [-0.4, -0.2) is 21.8 Å². The zero-order valence-corrected chi connectivity index (χ0v) is 20.1. The van der Waals surface area contributed by atoms with Crippen molar-refractivity contribution in [1.29, 1.82) is 0 Å². The van der Waals surface area contributed by atoms with Crippen molar-refractivity contribution in [1.82, 2.24) is 9.13 Å². The SMILES string of the molecule is CCOC(=O)n1c2ccccc2c2c(-c3ccccc3)n(Cc3ccccc3)c(-c3ccccc3)c21. The Morgan fingerprint density at radius 3 is 1.89 bits per heavy atom. The van der Waals surface area contributed by atoms with E-state index in [2.05, 4.69) is 71.3 Å². The van der Waals surface area contributed by atoms with Gasteiger partial charge < -0.3 is 9.30 Å². The summed E-state index contributed by atoms with van der Waals surface area (Å²) in [5.74, 6) is 0. The molecule has 0 spiro atoms. The summed E-state index contributed by atoms with van der Waals surface area (Å²) in [6.45, 7) is 2.82. The molecule has 0 saturated carbocycles. The van der Waals surface area contributed by atoms with Crippen molar-refractivity contribution >= 4 is 27.9 Å². The van der Waals surface area contributed by atoms with Gasteiger partial charge >= 0.3 is 6.09 Å². The third-order valence-corrected chi connectivity index (χ3v) is 6.60. The first kappa shape index (κ1) is 21.9. The van der Waals surface area contributed by atoms with Crippen LogP contribution in [0.4, 0.5) is 4.79 Å². The van der Waals surface area contributed by atoms with Gasteiger partial charge in [0.1, 0.15) is 0 Å². The number of hydrogen-bond donors (Lipinski definition) is 0. The third-order valence-electron chi connectivity index (χ3n) is 6.60. The van der Waals surface area contributed by atoms with Crippen molar-refractivity contribution < 1.29 is 9.53 Å². The molecule has 4 heteroatoms. The van der Waals surface area contributed by atoms with E-state index in [1.807, 2.05) is 55.5 Å². The molecule has 6 rings (SSSR count). The van der Waals surface area contributed by atoms with E-state index < -0.39 is 0 Å². The lowest BCUT2D eigenvalue weighted by Crippen LogP contribution is -2.14. The lowest BCUT2D eigenvalue weighted by Gasteiger charge is -2.16. The van der Waals surface area contributed by atoms with Gasteiger partial charge in [0.2, 0.25) is 0 Å². The molecule has 0 amide bonds. The van der Waals surface area contributed by atoms with E-state index in [0.717, 1.165) is 44.3 Å². The number of fused-ring (bicyclic) bond motifs is 3. The van der Waals surface area contributed by atoms with Crippen molar-refractivity contribution in [2.75, 3.05) is 6.61 Å². The summed E-state index contributed by atoms with van der Waals surface area (Å²) in [7, 11) is 0. The summed E-state index contributed by atoms with van der Waals surface area (Å²) in [6, 6.07) is 39.3. The van der Waals surface area contributed by atoms with E-state index in [-0.39, 0.29) is 6.09 Å². The Bertz CT molecular complexity index is 1660. The highest BCUT2D eigenvalue weighted by atomic mass is 16.5. The summed E-state index contributed by atoms with van der Waals surface area (Å²) in [6.07, 6.45) is -0.364. The first-order valence-corrected chi connectivity index (χ1v) is 12.3. The number of carbonyl (C=O) groups is 1. The molecule has 0 aliphatic heterocycles. The third kappa shape index (κ3) is 3.59. The summed E-state index contributed by atoms with van der Waals surface area (Å²) >= 11 is 0. The minimum Gasteiger partial charge on any atom is -0.449 e. The average molecular weight is 471 g/mol. The van der Waals surface area contributed by atoms with Crippen molar-refractivity contribution in [2.24, 2.45) is 0 Å². The van der Waals surface area contributed by atoms with Crippen LogP contribution in [0.15, 0.2) is 115 Å². The van der Waals surface area contributed by atoms with Crippen LogP contribution in [0.1, 0.15) is 12.5 Å². The maximum Gasteiger partial charge on any atom is 0.419 e. The van der Waals surface area contributed by atoms with Gasteiger partial charge in [0.25, 0.3) is 0 Å². The van der Waals surface area contributed by atoms with Crippen molar-refractivity contribution in [3.8, 4) is 22.5 Å². The Kier molecular flexibility index (Phi) is 5.62. The van der Waals surface area contributed by atoms with Gasteiger partial charge in [-0.05, 0) is 24.1 Å². The number of carbonyl (C=O) groups excluding carboxylic acids is 1. The van der Waals surface area contributed by atoms with Gasteiger partial charge in [-0.25, -0.2) is 9.36 Å². The van der Waals surface area contributed by atoms with Gasteiger partial charge in [-0.2, -0.15) is 0 Å². The topological polar surface area (TPSA) is 36.2 Å². The number of ether oxygens (including phenoxy) is 1. The molecular formula is C32H26N2O2. The van der Waals surface area contributed by atoms with Crippen LogP contribution in [0.3, 0.4) is 0 Å². The predicted octanol–water partition coefficient (Wildman–Crippen LogP) is 7.98. The molecule has 4 nitrogen and oxygen atoms in total. The Morgan fingerprint density at radius 2 is 1.25 bits per heavy atom. The number of hydrogen-bond acceptors (Lipinski definition) is 2. The summed E-state index contributed by atoms with van der Waals surface area (Å²) in [5, 5.41) is 2.09. The van der Waals surface area contributed by atoms with Crippen LogP contribution in [0.25, 0.3) is 44.3 Å². The molecule has 0 radical (unpaired) electrons. The molecule has 36 heavy (non-hydrogen) atoms. The maximum atomic E-state index is 13.5. The van der Waals surface area contributed by atoms with E-state index in [1.165, 1.54) is 5.56 Å². The Hall–Kier alpha value is -4.57. The predicted molar refractivity (Wildman–Crippen MR) is 146 cm³/mol. The minimum absolute atomic E-state index is 0.309. The van der Waals surface area contributed by atoms with Crippen LogP contribution in [-0.2, 0) is 11.3 Å². The summed E-state index contributed by atoms with van der Waals surface area (Å²) in [4.78, 5) is 13.5. The molecule has 176 valence electrons. The fourth-order valence-electron chi connectivity index (χ4n) is 5.17. The monoisotopic (exact) mass is 470 g/mol. The molecule has 6 aromatic rings. The summed E-state index contributed by atoms with van der Waals surface area (Å²) < 4.78 is 9.69. The Morgan fingerprint density at radius 1 is 0.694 bits per heavy atom. The molecule has 0 unspecified atom stereocenters. The van der Waals surface area contributed by atoms with Crippen molar-refractivity contribution in [3.63, 3.8) is 0 Å². The van der Waals surface area contributed by atoms with Crippen LogP contribution in [0.2, 0.25) is 0 Å². The molecule has 0 aliphatic carbocycles. The highest BCUT2D eigenvalue weighted by molar-refractivity contribution is 6.22. The van der Waals surface area contributed by atoms with Crippen LogP contribution < -0.4 is 0 Å². The molecule has 4 aromatic carbocycles. The zero-order valence-electron chi connectivity index (χ0n) is 20.1. The number of aromatic nitrogens is 2. The molecule has 0 fully saturated rings. The minimum atomic E-state index is -0.364. The second-order valence-electron chi connectivity index (χ2n) is 8.78. The second kappa shape index (κ2) is 9.23. The average Bonchev–Trinajstić information content (AvgIpc) is 3.42. The fourth-order valence-corrected chi connectivity index (χ4v) is 5.17. The molecule has 0 aliphatic rings. The lowest BCUT2D eigenvalue weighted by molar-refractivity contribution is 0.156. The van der Waals surface area contributed by atoms with Crippen LogP contribution >= 0.6 is 0 Å².